The van der Waals surface area contributed by atoms with Crippen LogP contribution in [-0.2, 0) is 0 Å². The minimum atomic E-state index is -0.226. The quantitative estimate of drug-likeness (QED) is 0.892. The van der Waals surface area contributed by atoms with Crippen LogP contribution >= 0.6 is 0 Å². The number of halogens is 1. The van der Waals surface area contributed by atoms with Crippen LogP contribution < -0.4 is 4.90 Å². The van der Waals surface area contributed by atoms with Crippen LogP contribution in [0.5, 0.6) is 5.75 Å². The predicted octanol–water partition coefficient (Wildman–Crippen LogP) is 4.12. The smallest absolute Gasteiger partial charge is 0.146 e. The van der Waals surface area contributed by atoms with Gasteiger partial charge in [0.05, 0.1) is 11.7 Å². The van der Waals surface area contributed by atoms with E-state index in [4.69, 9.17) is 0 Å². The van der Waals surface area contributed by atoms with Gasteiger partial charge in [0.2, 0.25) is 0 Å². The van der Waals surface area contributed by atoms with Gasteiger partial charge in [-0.1, -0.05) is 24.3 Å². The van der Waals surface area contributed by atoms with Crippen LogP contribution in [0.25, 0.3) is 0 Å². The fourth-order valence-electron chi connectivity index (χ4n) is 2.30. The maximum atomic E-state index is 13.9. The monoisotopic (exact) mass is 259 g/mol. The molecule has 2 rings (SSSR count). The van der Waals surface area contributed by atoms with E-state index in [9.17, 15) is 9.50 Å². The second kappa shape index (κ2) is 5.74. The highest BCUT2D eigenvalue weighted by Crippen LogP contribution is 2.29. The molecular formula is C16H18FNO. The molecule has 0 aliphatic carbocycles. The molecule has 0 saturated carbocycles. The number of hydrogen-bond acceptors (Lipinski definition) is 2. The van der Waals surface area contributed by atoms with Crippen molar-refractivity contribution in [1.29, 1.82) is 0 Å². The van der Waals surface area contributed by atoms with Gasteiger partial charge < -0.3 is 10.0 Å². The summed E-state index contributed by atoms with van der Waals surface area (Å²) in [6.07, 6.45) is 0. The molecule has 0 aliphatic heterocycles. The zero-order valence-corrected chi connectivity index (χ0v) is 11.2. The summed E-state index contributed by atoms with van der Waals surface area (Å²) in [7, 11) is 0. The lowest BCUT2D eigenvalue weighted by atomic mass is 10.1. The molecule has 1 atom stereocenters. The van der Waals surface area contributed by atoms with Crippen molar-refractivity contribution in [3.63, 3.8) is 0 Å². The summed E-state index contributed by atoms with van der Waals surface area (Å²) in [6, 6.07) is 13.8. The Kier molecular flexibility index (Phi) is 4.05. The Labute approximate surface area is 113 Å². The fourth-order valence-corrected chi connectivity index (χ4v) is 2.30. The molecule has 0 saturated heterocycles. The molecule has 2 aromatic carbocycles. The van der Waals surface area contributed by atoms with Crippen LogP contribution in [0.15, 0.2) is 48.5 Å². The third-order valence-electron chi connectivity index (χ3n) is 3.32. The Morgan fingerprint density at radius 1 is 1.16 bits per heavy atom. The number of nitrogens with zero attached hydrogens (tertiary/aromatic N) is 1. The largest absolute Gasteiger partial charge is 0.508 e. The Hall–Kier alpha value is -2.03. The van der Waals surface area contributed by atoms with Crippen molar-refractivity contribution in [3.05, 3.63) is 59.9 Å². The summed E-state index contributed by atoms with van der Waals surface area (Å²) >= 11 is 0. The fraction of sp³-hybridized carbons (Fsp3) is 0.250. The maximum absolute atomic E-state index is 13.9. The van der Waals surface area contributed by atoms with Crippen LogP contribution in [0.3, 0.4) is 0 Å². The summed E-state index contributed by atoms with van der Waals surface area (Å²) in [4.78, 5) is 1.98. The van der Waals surface area contributed by atoms with Gasteiger partial charge in [-0.15, -0.1) is 0 Å². The van der Waals surface area contributed by atoms with Crippen LogP contribution in [-0.4, -0.2) is 11.7 Å². The van der Waals surface area contributed by atoms with Gasteiger partial charge in [0.25, 0.3) is 0 Å². The van der Waals surface area contributed by atoms with E-state index in [-0.39, 0.29) is 17.6 Å². The molecular weight excluding hydrogens is 241 g/mol. The second-order valence-electron chi connectivity index (χ2n) is 4.51. The number of aromatic hydroxyl groups is 1. The van der Waals surface area contributed by atoms with E-state index in [0.29, 0.717) is 12.2 Å². The summed E-state index contributed by atoms with van der Waals surface area (Å²) in [6.45, 7) is 4.69. The number of anilines is 1. The van der Waals surface area contributed by atoms with Crippen molar-refractivity contribution in [2.75, 3.05) is 11.4 Å². The first-order chi connectivity index (χ1) is 9.13. The van der Waals surface area contributed by atoms with E-state index in [2.05, 4.69) is 0 Å². The molecule has 2 aromatic rings. The molecule has 2 nitrogen and oxygen atoms in total. The molecule has 0 amide bonds. The SMILES string of the molecule is CCN(c1ccccc1F)C(C)c1cccc(O)c1. The van der Waals surface area contributed by atoms with Gasteiger partial charge in [0, 0.05) is 6.54 Å². The maximum Gasteiger partial charge on any atom is 0.146 e. The number of phenolic OH excluding ortho intramolecular Hbond substituents is 1. The molecule has 19 heavy (non-hydrogen) atoms. The molecule has 0 radical (unpaired) electrons. The molecule has 0 heterocycles. The Morgan fingerprint density at radius 2 is 1.89 bits per heavy atom. The van der Waals surface area contributed by atoms with Gasteiger partial charge >= 0.3 is 0 Å². The normalized spacial score (nSPS) is 12.2. The Bertz CT molecular complexity index is 556. The molecule has 1 N–H and O–H groups in total. The zero-order valence-electron chi connectivity index (χ0n) is 11.2. The van der Waals surface area contributed by atoms with Crippen molar-refractivity contribution in [2.45, 2.75) is 19.9 Å². The minimum Gasteiger partial charge on any atom is -0.508 e. The van der Waals surface area contributed by atoms with Crippen molar-refractivity contribution >= 4 is 5.69 Å². The van der Waals surface area contributed by atoms with Gasteiger partial charge in [-0.05, 0) is 43.7 Å². The molecule has 0 aliphatic rings. The van der Waals surface area contributed by atoms with E-state index in [1.807, 2.05) is 30.9 Å². The lowest BCUT2D eigenvalue weighted by Crippen LogP contribution is -2.27. The van der Waals surface area contributed by atoms with Crippen molar-refractivity contribution in [1.82, 2.24) is 0 Å². The van der Waals surface area contributed by atoms with Gasteiger partial charge in [-0.3, -0.25) is 0 Å². The van der Waals surface area contributed by atoms with Crippen LogP contribution in [0.4, 0.5) is 10.1 Å². The van der Waals surface area contributed by atoms with E-state index in [0.717, 1.165) is 5.56 Å². The molecule has 100 valence electrons. The number of hydrogen-bond donors (Lipinski definition) is 1. The summed E-state index contributed by atoms with van der Waals surface area (Å²) in [5.74, 6) is 0.00490. The van der Waals surface area contributed by atoms with Crippen molar-refractivity contribution in [3.8, 4) is 5.75 Å². The van der Waals surface area contributed by atoms with Crippen LogP contribution in [0, 0.1) is 5.82 Å². The predicted molar refractivity (Wildman–Crippen MR) is 75.9 cm³/mol. The molecule has 3 heteroatoms. The van der Waals surface area contributed by atoms with Gasteiger partial charge in [0.15, 0.2) is 0 Å². The zero-order chi connectivity index (χ0) is 13.8. The highest BCUT2D eigenvalue weighted by molar-refractivity contribution is 5.50. The Balaban J connectivity index is 2.35. The molecule has 0 aromatic heterocycles. The highest BCUT2D eigenvalue weighted by Gasteiger charge is 2.17. The summed E-state index contributed by atoms with van der Waals surface area (Å²) < 4.78 is 13.9. The summed E-state index contributed by atoms with van der Waals surface area (Å²) in [5.41, 5.74) is 1.55. The van der Waals surface area contributed by atoms with Gasteiger partial charge in [-0.2, -0.15) is 0 Å². The van der Waals surface area contributed by atoms with Crippen molar-refractivity contribution in [2.24, 2.45) is 0 Å². The first kappa shape index (κ1) is 13.4. The average molecular weight is 259 g/mol. The first-order valence-electron chi connectivity index (χ1n) is 6.43. The minimum absolute atomic E-state index is 0.00556. The molecule has 1 unspecified atom stereocenters. The highest BCUT2D eigenvalue weighted by atomic mass is 19.1. The topological polar surface area (TPSA) is 23.5 Å². The lowest BCUT2D eigenvalue weighted by Gasteiger charge is -2.30. The van der Waals surface area contributed by atoms with E-state index in [1.165, 1.54) is 6.07 Å². The number of phenols is 1. The third-order valence-corrected chi connectivity index (χ3v) is 3.32. The summed E-state index contributed by atoms with van der Waals surface area (Å²) in [5, 5.41) is 9.55. The van der Waals surface area contributed by atoms with E-state index >= 15 is 0 Å². The first-order valence-corrected chi connectivity index (χ1v) is 6.43. The molecule has 0 fully saturated rings. The molecule has 0 bridgehead atoms. The van der Waals surface area contributed by atoms with Crippen LogP contribution in [0.2, 0.25) is 0 Å². The van der Waals surface area contributed by atoms with Gasteiger partial charge in [-0.25, -0.2) is 4.39 Å². The Morgan fingerprint density at radius 3 is 2.53 bits per heavy atom. The van der Waals surface area contributed by atoms with Crippen LogP contribution in [0.1, 0.15) is 25.5 Å². The number of para-hydroxylation sites is 1. The van der Waals surface area contributed by atoms with Crippen molar-refractivity contribution < 1.29 is 9.50 Å². The molecule has 0 spiro atoms. The van der Waals surface area contributed by atoms with E-state index in [1.54, 1.807) is 30.3 Å². The standard InChI is InChI=1S/C16H18FNO/c1-3-18(16-10-5-4-9-15(16)17)12(2)13-7-6-8-14(19)11-13/h4-12,19H,3H2,1-2H3. The van der Waals surface area contributed by atoms with Gasteiger partial charge in [0.1, 0.15) is 11.6 Å². The number of benzene rings is 2. The average Bonchev–Trinajstić information content (AvgIpc) is 2.41. The second-order valence-corrected chi connectivity index (χ2v) is 4.51. The lowest BCUT2D eigenvalue weighted by molar-refractivity contribution is 0.473. The van der Waals surface area contributed by atoms with E-state index < -0.39 is 0 Å². The third kappa shape index (κ3) is 2.87. The number of rotatable bonds is 4.